The van der Waals surface area contributed by atoms with Gasteiger partial charge in [0.15, 0.2) is 0 Å². The van der Waals surface area contributed by atoms with Crippen molar-refractivity contribution in [3.05, 3.63) is 26.9 Å². The van der Waals surface area contributed by atoms with Gasteiger partial charge in [-0.1, -0.05) is 0 Å². The molecule has 2 rings (SSSR count). The first-order valence-corrected chi connectivity index (χ1v) is 5.65. The molecule has 62 valence electrons. The van der Waals surface area contributed by atoms with Crippen LogP contribution < -0.4 is 0 Å². The SMILES string of the molecule is Fc1ccc2c(S)csc2c1I. The molecule has 0 radical (unpaired) electrons. The summed E-state index contributed by atoms with van der Waals surface area (Å²) in [6.07, 6.45) is 0. The fourth-order valence-corrected chi connectivity index (χ4v) is 3.16. The molecule has 0 atom stereocenters. The molecule has 0 fully saturated rings. The minimum Gasteiger partial charge on any atom is -0.206 e. The first-order valence-electron chi connectivity index (χ1n) is 3.24. The molecular formula is C8H4FIS2. The van der Waals surface area contributed by atoms with Crippen LogP contribution in [0.4, 0.5) is 4.39 Å². The predicted molar refractivity (Wildman–Crippen MR) is 61.8 cm³/mol. The zero-order chi connectivity index (χ0) is 8.72. The molecule has 0 nitrogen and oxygen atoms in total. The first kappa shape index (κ1) is 8.77. The zero-order valence-electron chi connectivity index (χ0n) is 5.84. The van der Waals surface area contributed by atoms with Crippen LogP contribution in [0.25, 0.3) is 10.1 Å². The topological polar surface area (TPSA) is 0 Å². The average Bonchev–Trinajstić information content (AvgIpc) is 2.41. The van der Waals surface area contributed by atoms with Crippen molar-refractivity contribution in [2.24, 2.45) is 0 Å². The van der Waals surface area contributed by atoms with E-state index in [1.165, 1.54) is 17.4 Å². The van der Waals surface area contributed by atoms with E-state index in [1.807, 2.05) is 28.0 Å². The van der Waals surface area contributed by atoms with Crippen molar-refractivity contribution < 1.29 is 4.39 Å². The molecule has 1 aromatic carbocycles. The van der Waals surface area contributed by atoms with Gasteiger partial charge in [0.25, 0.3) is 0 Å². The van der Waals surface area contributed by atoms with Gasteiger partial charge in [0, 0.05) is 15.7 Å². The van der Waals surface area contributed by atoms with Crippen LogP contribution in [0, 0.1) is 9.39 Å². The largest absolute Gasteiger partial charge is 0.206 e. The third kappa shape index (κ3) is 1.25. The van der Waals surface area contributed by atoms with Crippen LogP contribution in [0.15, 0.2) is 22.4 Å². The summed E-state index contributed by atoms with van der Waals surface area (Å²) in [5, 5.41) is 2.96. The van der Waals surface area contributed by atoms with Crippen LogP contribution in [0.1, 0.15) is 0 Å². The zero-order valence-corrected chi connectivity index (χ0v) is 9.71. The normalized spacial score (nSPS) is 10.9. The maximum absolute atomic E-state index is 13.0. The number of fused-ring (bicyclic) bond motifs is 1. The smallest absolute Gasteiger partial charge is 0.137 e. The lowest BCUT2D eigenvalue weighted by atomic mass is 10.2. The minimum atomic E-state index is -0.154. The van der Waals surface area contributed by atoms with E-state index >= 15 is 0 Å². The van der Waals surface area contributed by atoms with Gasteiger partial charge in [-0.2, -0.15) is 0 Å². The first-order chi connectivity index (χ1) is 5.70. The highest BCUT2D eigenvalue weighted by Crippen LogP contribution is 2.33. The van der Waals surface area contributed by atoms with Gasteiger partial charge in [0.1, 0.15) is 5.82 Å². The standard InChI is InChI=1S/C8H4FIS2/c9-5-2-1-4-6(11)3-12-8(4)7(5)10/h1-3,11H. The van der Waals surface area contributed by atoms with Crippen LogP contribution in [0.3, 0.4) is 0 Å². The Morgan fingerprint density at radius 2 is 2.17 bits per heavy atom. The van der Waals surface area contributed by atoms with Crippen LogP contribution in [0.5, 0.6) is 0 Å². The molecule has 0 N–H and O–H groups in total. The molecule has 0 spiro atoms. The minimum absolute atomic E-state index is 0.154. The Hall–Kier alpha value is 0.190. The molecule has 2 aromatic rings. The van der Waals surface area contributed by atoms with Gasteiger partial charge in [0.2, 0.25) is 0 Å². The van der Waals surface area contributed by atoms with Crippen LogP contribution in [0.2, 0.25) is 0 Å². The highest BCUT2D eigenvalue weighted by atomic mass is 127. The molecular weight excluding hydrogens is 306 g/mol. The lowest BCUT2D eigenvalue weighted by Crippen LogP contribution is -1.79. The maximum Gasteiger partial charge on any atom is 0.137 e. The molecule has 0 saturated heterocycles. The van der Waals surface area contributed by atoms with Gasteiger partial charge < -0.3 is 0 Å². The predicted octanol–water partition coefficient (Wildman–Crippen LogP) is 3.93. The molecule has 0 bridgehead atoms. The van der Waals surface area contributed by atoms with Gasteiger partial charge in [-0.3, -0.25) is 0 Å². The molecule has 0 saturated carbocycles. The molecule has 0 amide bonds. The van der Waals surface area contributed by atoms with Crippen molar-refractivity contribution in [1.29, 1.82) is 0 Å². The van der Waals surface area contributed by atoms with E-state index in [-0.39, 0.29) is 5.82 Å². The summed E-state index contributed by atoms with van der Waals surface area (Å²) in [6, 6.07) is 3.25. The molecule has 0 aliphatic rings. The average molecular weight is 310 g/mol. The summed E-state index contributed by atoms with van der Waals surface area (Å²) in [6.45, 7) is 0. The van der Waals surface area contributed by atoms with E-state index in [2.05, 4.69) is 12.6 Å². The third-order valence-corrected chi connectivity index (χ3v) is 4.59. The van der Waals surface area contributed by atoms with Crippen LogP contribution >= 0.6 is 46.6 Å². The Bertz CT molecular complexity index is 436. The maximum atomic E-state index is 13.0. The van der Waals surface area contributed by atoms with Crippen molar-refractivity contribution in [3.8, 4) is 0 Å². The molecule has 4 heteroatoms. The number of thiol groups is 1. The number of hydrogen-bond donors (Lipinski definition) is 1. The van der Waals surface area contributed by atoms with Crippen LogP contribution in [-0.2, 0) is 0 Å². The van der Waals surface area contributed by atoms with Crippen molar-refractivity contribution in [1.82, 2.24) is 0 Å². The lowest BCUT2D eigenvalue weighted by molar-refractivity contribution is 0.623. The van der Waals surface area contributed by atoms with E-state index in [0.717, 1.165) is 15.0 Å². The monoisotopic (exact) mass is 310 g/mol. The Kier molecular flexibility index (Phi) is 2.31. The summed E-state index contributed by atoms with van der Waals surface area (Å²) in [5.41, 5.74) is 0. The molecule has 1 aromatic heterocycles. The third-order valence-electron chi connectivity index (χ3n) is 1.61. The quantitative estimate of drug-likeness (QED) is 0.553. The molecule has 0 aliphatic heterocycles. The second-order valence-electron chi connectivity index (χ2n) is 2.36. The van der Waals surface area contributed by atoms with Crippen molar-refractivity contribution in [2.75, 3.05) is 0 Å². The summed E-state index contributed by atoms with van der Waals surface area (Å²) in [7, 11) is 0. The molecule has 0 unspecified atom stereocenters. The van der Waals surface area contributed by atoms with E-state index in [1.54, 1.807) is 6.07 Å². The summed E-state index contributed by atoms with van der Waals surface area (Å²) < 4.78 is 14.7. The number of hydrogen-bond acceptors (Lipinski definition) is 2. The van der Waals surface area contributed by atoms with Crippen molar-refractivity contribution in [3.63, 3.8) is 0 Å². The second-order valence-corrected chi connectivity index (χ2v) is 4.80. The van der Waals surface area contributed by atoms with Crippen molar-refractivity contribution in [2.45, 2.75) is 4.90 Å². The van der Waals surface area contributed by atoms with E-state index in [9.17, 15) is 4.39 Å². The van der Waals surface area contributed by atoms with Crippen LogP contribution in [-0.4, -0.2) is 0 Å². The number of benzene rings is 1. The van der Waals surface area contributed by atoms with Gasteiger partial charge in [-0.05, 0) is 34.7 Å². The van der Waals surface area contributed by atoms with Crippen molar-refractivity contribution >= 4 is 56.6 Å². The fraction of sp³-hybridized carbons (Fsp3) is 0. The summed E-state index contributed by atoms with van der Waals surface area (Å²) in [4.78, 5) is 0.924. The highest BCUT2D eigenvalue weighted by molar-refractivity contribution is 14.1. The lowest BCUT2D eigenvalue weighted by Gasteiger charge is -1.95. The van der Waals surface area contributed by atoms with Gasteiger partial charge in [-0.25, -0.2) is 4.39 Å². The molecule has 1 heterocycles. The Morgan fingerprint density at radius 1 is 1.42 bits per heavy atom. The van der Waals surface area contributed by atoms with Gasteiger partial charge in [-0.15, -0.1) is 24.0 Å². The van der Waals surface area contributed by atoms with E-state index < -0.39 is 0 Å². The molecule has 0 aliphatic carbocycles. The Morgan fingerprint density at radius 3 is 2.92 bits per heavy atom. The van der Waals surface area contributed by atoms with E-state index in [4.69, 9.17) is 0 Å². The number of rotatable bonds is 0. The van der Waals surface area contributed by atoms with Gasteiger partial charge >= 0.3 is 0 Å². The number of thiophene rings is 1. The van der Waals surface area contributed by atoms with Gasteiger partial charge in [0.05, 0.1) is 8.27 Å². The summed E-state index contributed by atoms with van der Waals surface area (Å²) in [5.74, 6) is -0.154. The highest BCUT2D eigenvalue weighted by Gasteiger charge is 2.07. The number of halogens is 2. The second kappa shape index (κ2) is 3.16. The Balaban J connectivity index is 2.93. The molecule has 12 heavy (non-hydrogen) atoms. The fourth-order valence-electron chi connectivity index (χ4n) is 1.03. The summed E-state index contributed by atoms with van der Waals surface area (Å²) >= 11 is 7.82. The Labute approximate surface area is 92.3 Å². The van der Waals surface area contributed by atoms with E-state index in [0.29, 0.717) is 3.57 Å².